The summed E-state index contributed by atoms with van der Waals surface area (Å²) < 4.78 is 18.4. The molecule has 1 atom stereocenters. The zero-order chi connectivity index (χ0) is 15.4. The third-order valence-electron chi connectivity index (χ3n) is 3.62. The second-order valence-electron chi connectivity index (χ2n) is 5.36. The van der Waals surface area contributed by atoms with Crippen molar-refractivity contribution in [3.8, 4) is 0 Å². The van der Waals surface area contributed by atoms with Gasteiger partial charge in [0.25, 0.3) is 5.91 Å². The molecule has 1 aromatic carbocycles. The van der Waals surface area contributed by atoms with Crippen LogP contribution in [0.25, 0.3) is 0 Å². The molecule has 1 saturated heterocycles. The number of rotatable bonds is 3. The Kier molecular flexibility index (Phi) is 4.94. The molecule has 0 saturated carbocycles. The molecule has 1 aromatic rings. The first-order chi connectivity index (χ1) is 10.0. The number of piperidine rings is 1. The zero-order valence-corrected chi connectivity index (χ0v) is 12.4. The van der Waals surface area contributed by atoms with Crippen molar-refractivity contribution in [2.45, 2.75) is 26.7 Å². The summed E-state index contributed by atoms with van der Waals surface area (Å²) >= 11 is 0. The van der Waals surface area contributed by atoms with Crippen molar-refractivity contribution >= 4 is 11.9 Å². The average molecular weight is 293 g/mol. The topological polar surface area (TPSA) is 46.6 Å². The highest BCUT2D eigenvalue weighted by Crippen LogP contribution is 2.20. The Morgan fingerprint density at radius 2 is 2.14 bits per heavy atom. The molecule has 1 aliphatic heterocycles. The number of hydrogen-bond acceptors (Lipinski definition) is 3. The molecule has 0 aliphatic carbocycles. The highest BCUT2D eigenvalue weighted by Gasteiger charge is 2.29. The van der Waals surface area contributed by atoms with E-state index in [0.29, 0.717) is 30.8 Å². The number of ether oxygens (including phenoxy) is 1. The van der Waals surface area contributed by atoms with Crippen LogP contribution in [0.2, 0.25) is 0 Å². The van der Waals surface area contributed by atoms with E-state index < -0.39 is 5.82 Å². The molecule has 1 fully saturated rings. The highest BCUT2D eigenvalue weighted by atomic mass is 19.1. The molecule has 0 spiro atoms. The molecule has 114 valence electrons. The molecule has 1 heterocycles. The van der Waals surface area contributed by atoms with Crippen molar-refractivity contribution in [1.29, 1.82) is 0 Å². The molecule has 4 nitrogen and oxygen atoms in total. The van der Waals surface area contributed by atoms with E-state index in [1.165, 1.54) is 12.1 Å². The van der Waals surface area contributed by atoms with E-state index in [0.717, 1.165) is 12.8 Å². The standard InChI is InChI=1S/C16H20FNO3/c1-3-21-16(20)12-5-4-6-18(10-12)15(19)13-7-11(2)8-14(17)9-13/h7-9,12H,3-6,10H2,1-2H3/t12-/m0/s1. The van der Waals surface area contributed by atoms with Gasteiger partial charge in [0.15, 0.2) is 0 Å². The molecule has 0 bridgehead atoms. The fourth-order valence-corrected chi connectivity index (χ4v) is 2.66. The number of carbonyl (C=O) groups is 2. The van der Waals surface area contributed by atoms with Crippen molar-refractivity contribution < 1.29 is 18.7 Å². The Hall–Kier alpha value is -1.91. The summed E-state index contributed by atoms with van der Waals surface area (Å²) in [5.41, 5.74) is 1.04. The predicted octanol–water partition coefficient (Wildman–Crippen LogP) is 2.55. The summed E-state index contributed by atoms with van der Waals surface area (Å²) in [6, 6.07) is 4.29. The number of hydrogen-bond donors (Lipinski definition) is 0. The molecule has 0 N–H and O–H groups in total. The minimum absolute atomic E-state index is 0.230. The van der Waals surface area contributed by atoms with Gasteiger partial charge in [0.1, 0.15) is 5.82 Å². The molecular formula is C16H20FNO3. The second-order valence-corrected chi connectivity index (χ2v) is 5.36. The van der Waals surface area contributed by atoms with Crippen molar-refractivity contribution in [2.75, 3.05) is 19.7 Å². The molecule has 0 aromatic heterocycles. The summed E-state index contributed by atoms with van der Waals surface area (Å²) in [6.45, 7) is 4.78. The third kappa shape index (κ3) is 3.80. The van der Waals surface area contributed by atoms with E-state index in [9.17, 15) is 14.0 Å². The van der Waals surface area contributed by atoms with E-state index in [1.54, 1.807) is 24.8 Å². The summed E-state index contributed by atoms with van der Waals surface area (Å²) in [6.07, 6.45) is 1.48. The third-order valence-corrected chi connectivity index (χ3v) is 3.62. The lowest BCUT2D eigenvalue weighted by Gasteiger charge is -2.31. The fraction of sp³-hybridized carbons (Fsp3) is 0.500. The first-order valence-electron chi connectivity index (χ1n) is 7.24. The van der Waals surface area contributed by atoms with Gasteiger partial charge < -0.3 is 9.64 Å². The number of carbonyl (C=O) groups excluding carboxylic acids is 2. The van der Waals surface area contributed by atoms with Gasteiger partial charge in [-0.1, -0.05) is 0 Å². The number of benzene rings is 1. The van der Waals surface area contributed by atoms with Crippen molar-refractivity contribution in [3.05, 3.63) is 35.1 Å². The highest BCUT2D eigenvalue weighted by molar-refractivity contribution is 5.94. The molecule has 21 heavy (non-hydrogen) atoms. The fourth-order valence-electron chi connectivity index (χ4n) is 2.66. The number of nitrogens with zero attached hydrogens (tertiary/aromatic N) is 1. The maximum Gasteiger partial charge on any atom is 0.310 e. The Balaban J connectivity index is 2.10. The van der Waals surface area contributed by atoms with Gasteiger partial charge in [0.2, 0.25) is 0 Å². The van der Waals surface area contributed by atoms with Gasteiger partial charge >= 0.3 is 5.97 Å². The van der Waals surface area contributed by atoms with Crippen molar-refractivity contribution in [1.82, 2.24) is 4.90 Å². The first-order valence-corrected chi connectivity index (χ1v) is 7.24. The van der Waals surface area contributed by atoms with Gasteiger partial charge in [-0.15, -0.1) is 0 Å². The normalized spacial score (nSPS) is 18.4. The number of halogens is 1. The monoisotopic (exact) mass is 293 g/mol. The maximum absolute atomic E-state index is 13.4. The van der Waals surface area contributed by atoms with Crippen LogP contribution in [0, 0.1) is 18.7 Å². The van der Waals surface area contributed by atoms with E-state index in [2.05, 4.69) is 0 Å². The average Bonchev–Trinajstić information content (AvgIpc) is 2.46. The molecule has 1 aliphatic rings. The lowest BCUT2D eigenvalue weighted by molar-refractivity contribution is -0.149. The quantitative estimate of drug-likeness (QED) is 0.805. The largest absolute Gasteiger partial charge is 0.466 e. The SMILES string of the molecule is CCOC(=O)[C@H]1CCCN(C(=O)c2cc(C)cc(F)c2)C1. The maximum atomic E-state index is 13.4. The van der Waals surface area contributed by atoms with Gasteiger partial charge in [0.05, 0.1) is 12.5 Å². The van der Waals surface area contributed by atoms with Gasteiger partial charge in [0, 0.05) is 18.7 Å². The van der Waals surface area contributed by atoms with Crippen LogP contribution in [0.5, 0.6) is 0 Å². The van der Waals surface area contributed by atoms with Crippen LogP contribution in [0.3, 0.4) is 0 Å². The smallest absolute Gasteiger partial charge is 0.310 e. The summed E-state index contributed by atoms with van der Waals surface area (Å²) in [4.78, 5) is 25.8. The van der Waals surface area contributed by atoms with E-state index in [-0.39, 0.29) is 17.8 Å². The summed E-state index contributed by atoms with van der Waals surface area (Å²) in [5, 5.41) is 0. The van der Waals surface area contributed by atoms with Crippen molar-refractivity contribution in [2.24, 2.45) is 5.92 Å². The Bertz CT molecular complexity index is 524. The molecular weight excluding hydrogens is 273 g/mol. The van der Waals surface area contributed by atoms with Crippen LogP contribution in [0.4, 0.5) is 4.39 Å². The summed E-state index contributed by atoms with van der Waals surface area (Å²) in [5.74, 6) is -1.19. The van der Waals surface area contributed by atoms with E-state index in [4.69, 9.17) is 4.74 Å². The van der Waals surface area contributed by atoms with Gasteiger partial charge in [-0.2, -0.15) is 0 Å². The number of amides is 1. The summed E-state index contributed by atoms with van der Waals surface area (Å²) in [7, 11) is 0. The van der Waals surface area contributed by atoms with Crippen molar-refractivity contribution in [3.63, 3.8) is 0 Å². The zero-order valence-electron chi connectivity index (χ0n) is 12.4. The van der Waals surface area contributed by atoms with Crippen LogP contribution in [-0.2, 0) is 9.53 Å². The lowest BCUT2D eigenvalue weighted by Crippen LogP contribution is -2.42. The Labute approximate surface area is 123 Å². The number of likely N-dealkylation sites (tertiary alicyclic amines) is 1. The Morgan fingerprint density at radius 3 is 2.81 bits per heavy atom. The molecule has 2 rings (SSSR count). The Morgan fingerprint density at radius 1 is 1.38 bits per heavy atom. The number of aryl methyl sites for hydroxylation is 1. The first kappa shape index (κ1) is 15.5. The van der Waals surface area contributed by atoms with E-state index >= 15 is 0 Å². The van der Waals surface area contributed by atoms with Gasteiger partial charge in [-0.05, 0) is 50.5 Å². The minimum atomic E-state index is -0.419. The second kappa shape index (κ2) is 6.70. The molecule has 1 amide bonds. The van der Waals surface area contributed by atoms with Crippen LogP contribution >= 0.6 is 0 Å². The van der Waals surface area contributed by atoms with Crippen LogP contribution < -0.4 is 0 Å². The lowest BCUT2D eigenvalue weighted by atomic mass is 9.97. The van der Waals surface area contributed by atoms with Gasteiger partial charge in [-0.3, -0.25) is 9.59 Å². The molecule has 0 unspecified atom stereocenters. The predicted molar refractivity (Wildman–Crippen MR) is 76.4 cm³/mol. The minimum Gasteiger partial charge on any atom is -0.466 e. The molecule has 0 radical (unpaired) electrons. The number of esters is 1. The molecule has 5 heteroatoms. The van der Waals surface area contributed by atoms with E-state index in [1.807, 2.05) is 0 Å². The van der Waals surface area contributed by atoms with Crippen LogP contribution in [-0.4, -0.2) is 36.5 Å². The van der Waals surface area contributed by atoms with Crippen LogP contribution in [0.15, 0.2) is 18.2 Å². The van der Waals surface area contributed by atoms with Gasteiger partial charge in [-0.25, -0.2) is 4.39 Å². The van der Waals surface area contributed by atoms with Crippen LogP contribution in [0.1, 0.15) is 35.7 Å².